The molecule has 1 N–H and O–H groups in total. The van der Waals surface area contributed by atoms with Crippen molar-refractivity contribution >= 4 is 5.69 Å². The smallest absolute Gasteiger partial charge is 0.143 e. The Morgan fingerprint density at radius 3 is 2.52 bits per heavy atom. The Hall–Kier alpha value is -2.73. The molecule has 0 bridgehead atoms. The molecule has 2 aromatic carbocycles. The maximum Gasteiger partial charge on any atom is 0.143 e. The molecule has 6 heteroatoms. The van der Waals surface area contributed by atoms with Gasteiger partial charge in [0, 0.05) is 32.4 Å². The van der Waals surface area contributed by atoms with E-state index in [0.29, 0.717) is 0 Å². The highest BCUT2D eigenvalue weighted by Crippen LogP contribution is 2.22. The van der Waals surface area contributed by atoms with E-state index in [1.54, 1.807) is 11.0 Å². The van der Waals surface area contributed by atoms with Crippen molar-refractivity contribution in [3.63, 3.8) is 0 Å². The van der Waals surface area contributed by atoms with Gasteiger partial charge in [-0.2, -0.15) is 0 Å². The number of tetrazole rings is 1. The van der Waals surface area contributed by atoms with E-state index in [1.807, 2.05) is 12.1 Å². The van der Waals surface area contributed by atoms with Crippen LogP contribution in [0.2, 0.25) is 0 Å². The SMILES string of the molecule is Cc1ccc(CNC(C)c2ccc(-n3cnnn3)cc2)c(N(C)C)c1. The fourth-order valence-corrected chi connectivity index (χ4v) is 2.82. The maximum atomic E-state index is 3.91. The average Bonchev–Trinajstić information content (AvgIpc) is 3.15. The van der Waals surface area contributed by atoms with Crippen LogP contribution >= 0.6 is 0 Å². The normalized spacial score (nSPS) is 12.2. The van der Waals surface area contributed by atoms with Crippen LogP contribution in [0.5, 0.6) is 0 Å². The molecule has 3 rings (SSSR count). The van der Waals surface area contributed by atoms with Gasteiger partial charge in [-0.05, 0) is 59.2 Å². The minimum absolute atomic E-state index is 0.249. The number of aryl methyl sites for hydroxylation is 1. The molecule has 3 aromatic rings. The van der Waals surface area contributed by atoms with Gasteiger partial charge in [-0.1, -0.05) is 24.3 Å². The number of rotatable bonds is 6. The van der Waals surface area contributed by atoms with E-state index in [4.69, 9.17) is 0 Å². The molecule has 0 radical (unpaired) electrons. The summed E-state index contributed by atoms with van der Waals surface area (Å²) in [5.41, 5.74) is 6.02. The number of nitrogens with one attached hydrogen (secondary N) is 1. The summed E-state index contributed by atoms with van der Waals surface area (Å²) in [6.45, 7) is 5.12. The predicted octanol–water partition coefficient (Wildman–Crippen LogP) is 2.89. The van der Waals surface area contributed by atoms with Crippen molar-refractivity contribution in [2.45, 2.75) is 26.4 Å². The number of anilines is 1. The van der Waals surface area contributed by atoms with Crippen LogP contribution in [-0.4, -0.2) is 34.3 Å². The standard InChI is InChI=1S/C19H24N6/c1-14-5-6-17(19(11-14)24(3)4)12-20-15(2)16-7-9-18(10-8-16)25-13-21-22-23-25/h5-11,13,15,20H,12H2,1-4H3. The zero-order chi connectivity index (χ0) is 17.8. The molecular formula is C19H24N6. The molecule has 0 saturated heterocycles. The summed E-state index contributed by atoms with van der Waals surface area (Å²) >= 11 is 0. The molecule has 0 spiro atoms. The minimum Gasteiger partial charge on any atom is -0.377 e. The summed E-state index contributed by atoms with van der Waals surface area (Å²) in [4.78, 5) is 2.16. The first-order chi connectivity index (χ1) is 12.0. The monoisotopic (exact) mass is 336 g/mol. The minimum atomic E-state index is 0.249. The molecule has 1 atom stereocenters. The van der Waals surface area contributed by atoms with Gasteiger partial charge in [-0.15, -0.1) is 5.10 Å². The zero-order valence-corrected chi connectivity index (χ0v) is 15.1. The molecule has 0 saturated carbocycles. The Labute approximate surface area is 148 Å². The average molecular weight is 336 g/mol. The first-order valence-corrected chi connectivity index (χ1v) is 8.38. The van der Waals surface area contributed by atoms with E-state index in [2.05, 4.69) is 84.0 Å². The molecular weight excluding hydrogens is 312 g/mol. The van der Waals surface area contributed by atoms with Crippen LogP contribution in [0, 0.1) is 6.92 Å². The van der Waals surface area contributed by atoms with Crippen molar-refractivity contribution in [3.8, 4) is 5.69 Å². The molecule has 130 valence electrons. The van der Waals surface area contributed by atoms with Crippen LogP contribution in [0.15, 0.2) is 48.8 Å². The topological polar surface area (TPSA) is 58.9 Å². The molecule has 1 heterocycles. The van der Waals surface area contributed by atoms with E-state index in [0.717, 1.165) is 12.2 Å². The van der Waals surface area contributed by atoms with Crippen molar-refractivity contribution in [3.05, 3.63) is 65.5 Å². The Morgan fingerprint density at radius 2 is 1.88 bits per heavy atom. The predicted molar refractivity (Wildman–Crippen MR) is 99.9 cm³/mol. The first-order valence-electron chi connectivity index (χ1n) is 8.38. The van der Waals surface area contributed by atoms with Gasteiger partial charge in [0.05, 0.1) is 5.69 Å². The molecule has 0 aliphatic carbocycles. The van der Waals surface area contributed by atoms with Gasteiger partial charge < -0.3 is 10.2 Å². The lowest BCUT2D eigenvalue weighted by Gasteiger charge is -2.21. The molecule has 25 heavy (non-hydrogen) atoms. The third-order valence-corrected chi connectivity index (χ3v) is 4.33. The number of aromatic nitrogens is 4. The summed E-state index contributed by atoms with van der Waals surface area (Å²) in [5, 5.41) is 14.8. The van der Waals surface area contributed by atoms with Gasteiger partial charge in [0.15, 0.2) is 0 Å². The number of nitrogens with zero attached hydrogens (tertiary/aromatic N) is 5. The second-order valence-electron chi connectivity index (χ2n) is 6.48. The molecule has 0 amide bonds. The lowest BCUT2D eigenvalue weighted by atomic mass is 10.1. The molecule has 0 fully saturated rings. The summed E-state index contributed by atoms with van der Waals surface area (Å²) in [6.07, 6.45) is 1.59. The second-order valence-corrected chi connectivity index (χ2v) is 6.48. The van der Waals surface area contributed by atoms with E-state index >= 15 is 0 Å². The molecule has 1 aromatic heterocycles. The van der Waals surface area contributed by atoms with Crippen molar-refractivity contribution in [2.75, 3.05) is 19.0 Å². The van der Waals surface area contributed by atoms with E-state index in [9.17, 15) is 0 Å². The fourth-order valence-electron chi connectivity index (χ4n) is 2.82. The van der Waals surface area contributed by atoms with E-state index in [-0.39, 0.29) is 6.04 Å². The molecule has 0 aliphatic heterocycles. The highest BCUT2D eigenvalue weighted by Gasteiger charge is 2.09. The zero-order valence-electron chi connectivity index (χ0n) is 15.1. The van der Waals surface area contributed by atoms with Gasteiger partial charge in [0.25, 0.3) is 0 Å². The summed E-state index contributed by atoms with van der Waals surface area (Å²) in [7, 11) is 4.17. The van der Waals surface area contributed by atoms with Gasteiger partial charge in [0.2, 0.25) is 0 Å². The van der Waals surface area contributed by atoms with Crippen molar-refractivity contribution in [2.24, 2.45) is 0 Å². The highest BCUT2D eigenvalue weighted by atomic mass is 15.5. The Kier molecular flexibility index (Phi) is 5.09. The van der Waals surface area contributed by atoms with Gasteiger partial charge in [0.1, 0.15) is 6.33 Å². The third kappa shape index (κ3) is 4.03. The number of hydrogen-bond acceptors (Lipinski definition) is 5. The van der Waals surface area contributed by atoms with Gasteiger partial charge in [-0.25, -0.2) is 4.68 Å². The van der Waals surface area contributed by atoms with Crippen molar-refractivity contribution in [1.82, 2.24) is 25.5 Å². The van der Waals surface area contributed by atoms with Crippen molar-refractivity contribution < 1.29 is 0 Å². The summed E-state index contributed by atoms with van der Waals surface area (Å²) in [5.74, 6) is 0. The molecule has 1 unspecified atom stereocenters. The van der Waals surface area contributed by atoms with Crippen LogP contribution < -0.4 is 10.2 Å². The fraction of sp³-hybridized carbons (Fsp3) is 0.316. The second kappa shape index (κ2) is 7.44. The lowest BCUT2D eigenvalue weighted by molar-refractivity contribution is 0.574. The first kappa shape index (κ1) is 17.1. The quantitative estimate of drug-likeness (QED) is 0.750. The van der Waals surface area contributed by atoms with Crippen LogP contribution in [0.3, 0.4) is 0 Å². The van der Waals surface area contributed by atoms with E-state index in [1.165, 1.54) is 22.4 Å². The maximum absolute atomic E-state index is 3.91. The van der Waals surface area contributed by atoms with Crippen LogP contribution in [-0.2, 0) is 6.54 Å². The van der Waals surface area contributed by atoms with Crippen LogP contribution in [0.25, 0.3) is 5.69 Å². The van der Waals surface area contributed by atoms with E-state index < -0.39 is 0 Å². The molecule has 6 nitrogen and oxygen atoms in total. The largest absolute Gasteiger partial charge is 0.377 e. The summed E-state index contributed by atoms with van der Waals surface area (Å²) < 4.78 is 1.65. The van der Waals surface area contributed by atoms with Crippen LogP contribution in [0.1, 0.15) is 29.7 Å². The Morgan fingerprint density at radius 1 is 1.12 bits per heavy atom. The van der Waals surface area contributed by atoms with Crippen molar-refractivity contribution in [1.29, 1.82) is 0 Å². The lowest BCUT2D eigenvalue weighted by Crippen LogP contribution is -2.20. The van der Waals surface area contributed by atoms with Gasteiger partial charge >= 0.3 is 0 Å². The Bertz CT molecular complexity index is 808. The number of hydrogen-bond donors (Lipinski definition) is 1. The van der Waals surface area contributed by atoms with Crippen LogP contribution in [0.4, 0.5) is 5.69 Å². The molecule has 0 aliphatic rings. The van der Waals surface area contributed by atoms with Gasteiger partial charge in [-0.3, -0.25) is 0 Å². The Balaban J connectivity index is 1.68. The summed E-state index contributed by atoms with van der Waals surface area (Å²) in [6, 6.07) is 15.1. The number of benzene rings is 2. The highest BCUT2D eigenvalue weighted by molar-refractivity contribution is 5.54. The third-order valence-electron chi connectivity index (χ3n) is 4.33.